The molecule has 1 saturated carbocycles. The van der Waals surface area contributed by atoms with E-state index >= 15 is 0 Å². The Morgan fingerprint density at radius 1 is 1.43 bits per heavy atom. The van der Waals surface area contributed by atoms with Gasteiger partial charge in [-0.05, 0) is 43.0 Å². The zero-order chi connectivity index (χ0) is 14.7. The van der Waals surface area contributed by atoms with Crippen molar-refractivity contribution in [2.45, 2.75) is 44.2 Å². The maximum atomic E-state index is 11.3. The first-order valence-corrected chi connectivity index (χ1v) is 7.46. The highest BCUT2D eigenvalue weighted by Crippen LogP contribution is 2.27. The molecule has 3 rings (SSSR count). The molecule has 2 aliphatic rings. The average Bonchev–Trinajstić information content (AvgIpc) is 3.30. The largest absolute Gasteiger partial charge is 0.493 e. The lowest BCUT2D eigenvalue weighted by molar-refractivity contribution is -0.116. The molecular formula is C16H19N3O2. The van der Waals surface area contributed by atoms with Crippen LogP contribution in [0.25, 0.3) is 0 Å². The quantitative estimate of drug-likeness (QED) is 0.838. The van der Waals surface area contributed by atoms with E-state index in [9.17, 15) is 4.79 Å². The maximum Gasteiger partial charge on any atom is 0.224 e. The molecule has 5 heteroatoms. The van der Waals surface area contributed by atoms with Gasteiger partial charge >= 0.3 is 0 Å². The van der Waals surface area contributed by atoms with Crippen LogP contribution in [0.2, 0.25) is 0 Å². The first-order chi connectivity index (χ1) is 10.2. The number of nitriles is 1. The fraction of sp³-hybridized carbons (Fsp3) is 0.500. The second kappa shape index (κ2) is 6.15. The molecule has 1 aliphatic heterocycles. The van der Waals surface area contributed by atoms with Crippen LogP contribution < -0.4 is 15.4 Å². The van der Waals surface area contributed by atoms with E-state index in [0.29, 0.717) is 25.5 Å². The van der Waals surface area contributed by atoms with E-state index in [4.69, 9.17) is 10.00 Å². The van der Waals surface area contributed by atoms with Gasteiger partial charge < -0.3 is 10.1 Å². The van der Waals surface area contributed by atoms with Crippen LogP contribution in [0.3, 0.4) is 0 Å². The van der Waals surface area contributed by atoms with Crippen LogP contribution in [0.1, 0.15) is 31.2 Å². The molecule has 1 fully saturated rings. The molecule has 2 N–H and O–H groups in total. The van der Waals surface area contributed by atoms with E-state index < -0.39 is 0 Å². The molecule has 21 heavy (non-hydrogen) atoms. The van der Waals surface area contributed by atoms with Gasteiger partial charge in [0.15, 0.2) is 0 Å². The number of hydrogen-bond donors (Lipinski definition) is 2. The highest BCUT2D eigenvalue weighted by atomic mass is 16.5. The minimum Gasteiger partial charge on any atom is -0.493 e. The second-order valence-electron chi connectivity index (χ2n) is 5.63. The van der Waals surface area contributed by atoms with E-state index in [1.165, 1.54) is 12.8 Å². The maximum absolute atomic E-state index is 11.3. The summed E-state index contributed by atoms with van der Waals surface area (Å²) in [6, 6.07) is 8.39. The van der Waals surface area contributed by atoms with Crippen molar-refractivity contribution in [1.82, 2.24) is 5.32 Å². The van der Waals surface area contributed by atoms with Gasteiger partial charge in [-0.3, -0.25) is 10.1 Å². The third-order valence-electron chi connectivity index (χ3n) is 3.82. The number of amides is 1. The number of carbonyl (C=O) groups excluding carboxylic acids is 1. The van der Waals surface area contributed by atoms with E-state index in [0.717, 1.165) is 23.4 Å². The van der Waals surface area contributed by atoms with Gasteiger partial charge in [0.2, 0.25) is 5.91 Å². The molecule has 0 aromatic heterocycles. The van der Waals surface area contributed by atoms with E-state index in [1.807, 2.05) is 18.2 Å². The van der Waals surface area contributed by atoms with Gasteiger partial charge in [0, 0.05) is 24.6 Å². The van der Waals surface area contributed by atoms with Crippen LogP contribution >= 0.6 is 0 Å². The standard InChI is InChI=1S/C16H19N3O2/c17-10-13(18-12-2-3-12)7-8-21-14-4-5-15-11(9-14)1-6-16(20)19-15/h4-5,9,12-13,18H,1-3,6-8H2,(H,19,20). The lowest BCUT2D eigenvalue weighted by atomic mass is 10.0. The van der Waals surface area contributed by atoms with Crippen LogP contribution in [0.5, 0.6) is 5.75 Å². The number of anilines is 1. The van der Waals surface area contributed by atoms with Gasteiger partial charge in [-0.1, -0.05) is 0 Å². The lowest BCUT2D eigenvalue weighted by Gasteiger charge is -2.18. The zero-order valence-corrected chi connectivity index (χ0v) is 11.9. The predicted octanol–water partition coefficient (Wildman–Crippen LogP) is 1.98. The summed E-state index contributed by atoms with van der Waals surface area (Å²) >= 11 is 0. The van der Waals surface area contributed by atoms with Gasteiger partial charge in [0.05, 0.1) is 18.7 Å². The molecule has 1 atom stereocenters. The molecule has 1 unspecified atom stereocenters. The molecule has 0 saturated heterocycles. The molecule has 1 amide bonds. The molecular weight excluding hydrogens is 266 g/mol. The molecule has 1 aliphatic carbocycles. The minimum absolute atomic E-state index is 0.0687. The van der Waals surface area contributed by atoms with Gasteiger partial charge in [0.1, 0.15) is 5.75 Å². The van der Waals surface area contributed by atoms with Gasteiger partial charge in [-0.15, -0.1) is 0 Å². The molecule has 1 heterocycles. The summed E-state index contributed by atoms with van der Waals surface area (Å²) in [5, 5.41) is 15.2. The Morgan fingerprint density at radius 3 is 3.05 bits per heavy atom. The van der Waals surface area contributed by atoms with Crippen LogP contribution in [-0.2, 0) is 11.2 Å². The Morgan fingerprint density at radius 2 is 2.29 bits per heavy atom. The minimum atomic E-state index is -0.130. The first-order valence-electron chi connectivity index (χ1n) is 7.46. The Labute approximate surface area is 124 Å². The smallest absolute Gasteiger partial charge is 0.224 e. The van der Waals surface area contributed by atoms with Crippen LogP contribution in [0.15, 0.2) is 18.2 Å². The number of aryl methyl sites for hydroxylation is 1. The Balaban J connectivity index is 1.51. The number of fused-ring (bicyclic) bond motifs is 1. The molecule has 0 spiro atoms. The average molecular weight is 285 g/mol. The lowest BCUT2D eigenvalue weighted by Crippen LogP contribution is -2.31. The third-order valence-corrected chi connectivity index (χ3v) is 3.82. The number of hydrogen-bond acceptors (Lipinski definition) is 4. The van der Waals surface area contributed by atoms with Crippen molar-refractivity contribution in [2.75, 3.05) is 11.9 Å². The summed E-state index contributed by atoms with van der Waals surface area (Å²) < 4.78 is 5.73. The van der Waals surface area contributed by atoms with Crippen molar-refractivity contribution in [3.63, 3.8) is 0 Å². The Bertz CT molecular complexity index is 575. The molecule has 1 aromatic carbocycles. The third kappa shape index (κ3) is 3.73. The fourth-order valence-corrected chi connectivity index (χ4v) is 2.46. The first kappa shape index (κ1) is 13.9. The highest BCUT2D eigenvalue weighted by Gasteiger charge is 2.24. The number of nitrogens with zero attached hydrogens (tertiary/aromatic N) is 1. The highest BCUT2D eigenvalue weighted by molar-refractivity contribution is 5.93. The summed E-state index contributed by atoms with van der Waals surface area (Å²) in [5.74, 6) is 0.868. The summed E-state index contributed by atoms with van der Waals surface area (Å²) in [4.78, 5) is 11.3. The predicted molar refractivity (Wildman–Crippen MR) is 79.1 cm³/mol. The second-order valence-corrected chi connectivity index (χ2v) is 5.63. The monoisotopic (exact) mass is 285 g/mol. The van der Waals surface area contributed by atoms with Crippen molar-refractivity contribution in [3.05, 3.63) is 23.8 Å². The summed E-state index contributed by atoms with van der Waals surface area (Å²) in [7, 11) is 0. The van der Waals surface area contributed by atoms with Crippen molar-refractivity contribution in [3.8, 4) is 11.8 Å². The van der Waals surface area contributed by atoms with Gasteiger partial charge in [-0.2, -0.15) is 5.26 Å². The van der Waals surface area contributed by atoms with Crippen molar-refractivity contribution in [1.29, 1.82) is 5.26 Å². The molecule has 1 aromatic rings. The van der Waals surface area contributed by atoms with Crippen molar-refractivity contribution < 1.29 is 9.53 Å². The topological polar surface area (TPSA) is 74.1 Å². The van der Waals surface area contributed by atoms with Gasteiger partial charge in [0.25, 0.3) is 0 Å². The number of nitrogens with one attached hydrogen (secondary N) is 2. The van der Waals surface area contributed by atoms with E-state index in [1.54, 1.807) is 0 Å². The fourth-order valence-electron chi connectivity index (χ4n) is 2.46. The number of carbonyl (C=O) groups is 1. The Kier molecular flexibility index (Phi) is 4.07. The molecule has 0 bridgehead atoms. The number of ether oxygens (including phenoxy) is 1. The molecule has 0 radical (unpaired) electrons. The van der Waals surface area contributed by atoms with Crippen molar-refractivity contribution >= 4 is 11.6 Å². The summed E-state index contributed by atoms with van der Waals surface area (Å²) in [6.07, 6.45) is 4.31. The SMILES string of the molecule is N#CC(CCOc1ccc2c(c1)CCC(=O)N2)NC1CC1. The molecule has 5 nitrogen and oxygen atoms in total. The van der Waals surface area contributed by atoms with Gasteiger partial charge in [-0.25, -0.2) is 0 Å². The van der Waals surface area contributed by atoms with Crippen LogP contribution in [0.4, 0.5) is 5.69 Å². The number of rotatable bonds is 6. The van der Waals surface area contributed by atoms with E-state index in [2.05, 4.69) is 16.7 Å². The zero-order valence-electron chi connectivity index (χ0n) is 11.9. The number of benzene rings is 1. The van der Waals surface area contributed by atoms with Crippen molar-refractivity contribution in [2.24, 2.45) is 0 Å². The molecule has 110 valence electrons. The van der Waals surface area contributed by atoms with Crippen LogP contribution in [0, 0.1) is 11.3 Å². The van der Waals surface area contributed by atoms with E-state index in [-0.39, 0.29) is 11.9 Å². The normalized spacial score (nSPS) is 18.3. The summed E-state index contributed by atoms with van der Waals surface area (Å²) in [6.45, 7) is 0.517. The summed E-state index contributed by atoms with van der Waals surface area (Å²) in [5.41, 5.74) is 1.99. The van der Waals surface area contributed by atoms with Crippen LogP contribution in [-0.4, -0.2) is 24.6 Å². The Hall–Kier alpha value is -2.06.